The number of rotatable bonds is 3. The summed E-state index contributed by atoms with van der Waals surface area (Å²) in [6, 6.07) is 0.591. The molecule has 0 amide bonds. The number of hydrogen-bond donors (Lipinski definition) is 2. The maximum absolute atomic E-state index is 12.0. The molecular weight excluding hydrogens is 206 g/mol. The summed E-state index contributed by atoms with van der Waals surface area (Å²) in [5, 5.41) is 12.2. The Morgan fingerprint density at radius 2 is 2.19 bits per heavy atom. The third-order valence-corrected chi connectivity index (χ3v) is 3.54. The zero-order chi connectivity index (χ0) is 11.7. The monoisotopic (exact) mass is 223 g/mol. The van der Waals surface area contributed by atoms with E-state index in [0.717, 1.165) is 25.7 Å². The molecule has 0 spiro atoms. The highest BCUT2D eigenvalue weighted by Crippen LogP contribution is 2.27. The van der Waals surface area contributed by atoms with E-state index in [1.54, 1.807) is 0 Å². The Kier molecular flexibility index (Phi) is 3.10. The van der Waals surface area contributed by atoms with Crippen molar-refractivity contribution in [2.75, 3.05) is 0 Å². The minimum atomic E-state index is -1.04. The third kappa shape index (κ3) is 2.02. The fraction of sp³-hybridized carbons (Fsp3) is 0.667. The summed E-state index contributed by atoms with van der Waals surface area (Å²) in [6.45, 7) is 1.46. The standard InChI is InChI=1S/C12H17NO3/c1-7(12(15)16)11(14)9-4-2-3-8-5-6-10(9)13-8/h4,7-8,10,13H,2-3,5-6H2,1H3,(H,15,16)/t7?,8-,10-/m1/s1. The van der Waals surface area contributed by atoms with E-state index < -0.39 is 11.9 Å². The van der Waals surface area contributed by atoms with Crippen LogP contribution < -0.4 is 5.32 Å². The van der Waals surface area contributed by atoms with Crippen molar-refractivity contribution >= 4 is 11.8 Å². The topological polar surface area (TPSA) is 66.4 Å². The number of carboxylic acids is 1. The number of carbonyl (C=O) groups is 2. The van der Waals surface area contributed by atoms with Gasteiger partial charge in [0.05, 0.1) is 0 Å². The smallest absolute Gasteiger partial charge is 0.314 e. The van der Waals surface area contributed by atoms with E-state index in [1.165, 1.54) is 6.92 Å². The molecule has 2 N–H and O–H groups in total. The van der Waals surface area contributed by atoms with Crippen molar-refractivity contribution in [3.8, 4) is 0 Å². The number of carbonyl (C=O) groups excluding carboxylic acids is 1. The van der Waals surface area contributed by atoms with Crippen molar-refractivity contribution in [3.63, 3.8) is 0 Å². The number of nitrogens with one attached hydrogen (secondary N) is 1. The number of allylic oxidation sites excluding steroid dienone is 1. The van der Waals surface area contributed by atoms with Crippen LogP contribution in [-0.2, 0) is 9.59 Å². The van der Waals surface area contributed by atoms with E-state index in [0.29, 0.717) is 11.6 Å². The van der Waals surface area contributed by atoms with Crippen LogP contribution >= 0.6 is 0 Å². The molecule has 0 saturated carbocycles. The molecule has 1 fully saturated rings. The average molecular weight is 223 g/mol. The molecule has 2 heterocycles. The molecule has 4 nitrogen and oxygen atoms in total. The van der Waals surface area contributed by atoms with Gasteiger partial charge in [-0.2, -0.15) is 0 Å². The number of hydrogen-bond acceptors (Lipinski definition) is 3. The second-order valence-corrected chi connectivity index (χ2v) is 4.65. The molecule has 1 saturated heterocycles. The first kappa shape index (κ1) is 11.3. The van der Waals surface area contributed by atoms with Gasteiger partial charge < -0.3 is 10.4 Å². The van der Waals surface area contributed by atoms with Gasteiger partial charge in [0.15, 0.2) is 5.78 Å². The molecule has 1 unspecified atom stereocenters. The average Bonchev–Trinajstić information content (AvgIpc) is 2.58. The fourth-order valence-electron chi connectivity index (χ4n) is 2.51. The normalized spacial score (nSPS) is 30.4. The van der Waals surface area contributed by atoms with Crippen LogP contribution in [0.5, 0.6) is 0 Å². The molecule has 4 heteroatoms. The van der Waals surface area contributed by atoms with Crippen LogP contribution in [0.3, 0.4) is 0 Å². The molecule has 0 aromatic carbocycles. The summed E-state index contributed by atoms with van der Waals surface area (Å²) in [4.78, 5) is 22.8. The maximum atomic E-state index is 12.0. The molecular formula is C12H17NO3. The molecule has 16 heavy (non-hydrogen) atoms. The minimum Gasteiger partial charge on any atom is -0.481 e. The van der Waals surface area contributed by atoms with E-state index in [1.807, 2.05) is 6.08 Å². The molecule has 0 aromatic rings. The van der Waals surface area contributed by atoms with Crippen LogP contribution in [0.4, 0.5) is 0 Å². The zero-order valence-corrected chi connectivity index (χ0v) is 9.40. The van der Waals surface area contributed by atoms with Crippen molar-refractivity contribution in [1.82, 2.24) is 5.32 Å². The first-order valence-electron chi connectivity index (χ1n) is 5.82. The lowest BCUT2D eigenvalue weighted by Gasteiger charge is -2.15. The van der Waals surface area contributed by atoms with E-state index in [2.05, 4.69) is 5.32 Å². The number of aliphatic carboxylic acids is 1. The second kappa shape index (κ2) is 4.37. The van der Waals surface area contributed by atoms with Crippen LogP contribution in [0.1, 0.15) is 32.6 Å². The molecule has 2 rings (SSSR count). The van der Waals surface area contributed by atoms with Gasteiger partial charge in [-0.3, -0.25) is 9.59 Å². The quantitative estimate of drug-likeness (QED) is 0.703. The van der Waals surface area contributed by atoms with E-state index in [-0.39, 0.29) is 11.8 Å². The summed E-state index contributed by atoms with van der Waals surface area (Å²) < 4.78 is 0. The Balaban J connectivity index is 2.16. The number of Topliss-reactive ketones (excluding diaryl/α,β-unsaturated/α-hetero) is 1. The molecule has 2 aliphatic rings. The summed E-state index contributed by atoms with van der Waals surface area (Å²) in [7, 11) is 0. The van der Waals surface area contributed by atoms with Gasteiger partial charge in [-0.25, -0.2) is 0 Å². The lowest BCUT2D eigenvalue weighted by molar-refractivity contribution is -0.144. The van der Waals surface area contributed by atoms with Crippen molar-refractivity contribution in [1.29, 1.82) is 0 Å². The Hall–Kier alpha value is -1.16. The Bertz CT molecular complexity index is 348. The van der Waals surface area contributed by atoms with Gasteiger partial charge in [0, 0.05) is 17.7 Å². The predicted octanol–water partition coefficient (Wildman–Crippen LogP) is 1.12. The van der Waals surface area contributed by atoms with E-state index >= 15 is 0 Å². The van der Waals surface area contributed by atoms with Crippen molar-refractivity contribution in [2.24, 2.45) is 5.92 Å². The van der Waals surface area contributed by atoms with Gasteiger partial charge in [-0.05, 0) is 32.6 Å². The van der Waals surface area contributed by atoms with Crippen molar-refractivity contribution in [3.05, 3.63) is 11.6 Å². The largest absolute Gasteiger partial charge is 0.481 e. The first-order chi connectivity index (χ1) is 7.59. The van der Waals surface area contributed by atoms with E-state index in [4.69, 9.17) is 5.11 Å². The number of fused-ring (bicyclic) bond motifs is 2. The Labute approximate surface area is 94.7 Å². The molecule has 3 atom stereocenters. The molecule has 2 bridgehead atoms. The Morgan fingerprint density at radius 3 is 2.88 bits per heavy atom. The van der Waals surface area contributed by atoms with Crippen molar-refractivity contribution < 1.29 is 14.7 Å². The van der Waals surface area contributed by atoms with Gasteiger partial charge >= 0.3 is 5.97 Å². The highest BCUT2D eigenvalue weighted by Gasteiger charge is 2.34. The maximum Gasteiger partial charge on any atom is 0.314 e. The zero-order valence-electron chi connectivity index (χ0n) is 9.40. The highest BCUT2D eigenvalue weighted by atomic mass is 16.4. The lowest BCUT2D eigenvalue weighted by atomic mass is 9.91. The van der Waals surface area contributed by atoms with Gasteiger partial charge in [-0.1, -0.05) is 6.08 Å². The van der Waals surface area contributed by atoms with Gasteiger partial charge in [0.2, 0.25) is 0 Å². The van der Waals surface area contributed by atoms with Crippen LogP contribution in [0.15, 0.2) is 11.6 Å². The predicted molar refractivity (Wildman–Crippen MR) is 59.1 cm³/mol. The van der Waals surface area contributed by atoms with Crippen LogP contribution in [0, 0.1) is 5.92 Å². The second-order valence-electron chi connectivity index (χ2n) is 4.65. The molecule has 0 aromatic heterocycles. The van der Waals surface area contributed by atoms with Gasteiger partial charge in [0.1, 0.15) is 5.92 Å². The molecule has 88 valence electrons. The van der Waals surface area contributed by atoms with Gasteiger partial charge in [0.25, 0.3) is 0 Å². The lowest BCUT2D eigenvalue weighted by Crippen LogP contribution is -2.34. The summed E-state index contributed by atoms with van der Waals surface area (Å²) in [6.07, 6.45) is 5.90. The van der Waals surface area contributed by atoms with Crippen LogP contribution in [-0.4, -0.2) is 28.9 Å². The van der Waals surface area contributed by atoms with Crippen LogP contribution in [0.25, 0.3) is 0 Å². The highest BCUT2D eigenvalue weighted by molar-refractivity contribution is 6.08. The van der Waals surface area contributed by atoms with Crippen molar-refractivity contribution in [2.45, 2.75) is 44.7 Å². The minimum absolute atomic E-state index is 0.0850. The molecule has 0 radical (unpaired) electrons. The molecule has 2 aliphatic heterocycles. The van der Waals surface area contributed by atoms with E-state index in [9.17, 15) is 9.59 Å². The fourth-order valence-corrected chi connectivity index (χ4v) is 2.51. The first-order valence-corrected chi connectivity index (χ1v) is 5.82. The Morgan fingerprint density at radius 1 is 1.44 bits per heavy atom. The number of carboxylic acid groups (broad SMARTS) is 1. The van der Waals surface area contributed by atoms with Gasteiger partial charge in [-0.15, -0.1) is 0 Å². The third-order valence-electron chi connectivity index (χ3n) is 3.54. The summed E-state index contributed by atoms with van der Waals surface area (Å²) >= 11 is 0. The number of ketones is 1. The SMILES string of the molecule is CC(C(=O)O)C(=O)C1=CCC[C@@H]2CC[C@H]1N2. The van der Waals surface area contributed by atoms with Crippen LogP contribution in [0.2, 0.25) is 0 Å². The summed E-state index contributed by atoms with van der Waals surface area (Å²) in [5.74, 6) is -2.19. The molecule has 0 aliphatic carbocycles. The summed E-state index contributed by atoms with van der Waals surface area (Å²) in [5.41, 5.74) is 0.690.